The number of nitrogens with zero attached hydrogens (tertiary/aromatic N) is 2. The summed E-state index contributed by atoms with van der Waals surface area (Å²) in [6.07, 6.45) is 1.44. The van der Waals surface area contributed by atoms with E-state index in [9.17, 15) is 0 Å². The third-order valence-electron chi connectivity index (χ3n) is 1.87. The van der Waals surface area contributed by atoms with Gasteiger partial charge in [0.1, 0.15) is 17.9 Å². The highest BCUT2D eigenvalue weighted by atomic mass is 16.5. The molecular weight excluding hydrogens is 166 g/mol. The largest absolute Gasteiger partial charge is 0.496 e. The molecule has 0 unspecified atom stereocenters. The topological polar surface area (TPSA) is 61.0 Å². The molecule has 2 aromatic rings. The van der Waals surface area contributed by atoms with Crippen LogP contribution >= 0.6 is 0 Å². The fourth-order valence-electron chi connectivity index (χ4n) is 1.27. The Kier molecular flexibility index (Phi) is 1.73. The standard InChI is InChI=1S/C9H9N3O/c1-13-7-4-2-3-6-8(7)9(10)12-5-11-6/h2-5H,1H3,(H2,10,11,12). The van der Waals surface area contributed by atoms with Crippen LogP contribution in [0.4, 0.5) is 5.82 Å². The summed E-state index contributed by atoms with van der Waals surface area (Å²) in [5.41, 5.74) is 6.50. The van der Waals surface area contributed by atoms with E-state index < -0.39 is 0 Å². The van der Waals surface area contributed by atoms with Gasteiger partial charge in [-0.25, -0.2) is 9.97 Å². The molecule has 1 aromatic carbocycles. The van der Waals surface area contributed by atoms with Crippen LogP contribution in [-0.2, 0) is 0 Å². The van der Waals surface area contributed by atoms with Crippen molar-refractivity contribution in [3.63, 3.8) is 0 Å². The van der Waals surface area contributed by atoms with Gasteiger partial charge in [-0.3, -0.25) is 0 Å². The van der Waals surface area contributed by atoms with Gasteiger partial charge in [0.15, 0.2) is 0 Å². The van der Waals surface area contributed by atoms with Crippen LogP contribution in [0, 0.1) is 0 Å². The van der Waals surface area contributed by atoms with Gasteiger partial charge in [0.05, 0.1) is 18.0 Å². The predicted molar refractivity (Wildman–Crippen MR) is 50.5 cm³/mol. The average molecular weight is 175 g/mol. The Bertz CT molecular complexity index is 437. The van der Waals surface area contributed by atoms with E-state index in [-0.39, 0.29) is 0 Å². The Morgan fingerprint density at radius 1 is 1.31 bits per heavy atom. The lowest BCUT2D eigenvalue weighted by molar-refractivity contribution is 0.420. The lowest BCUT2D eigenvalue weighted by Crippen LogP contribution is -1.95. The number of methoxy groups -OCH3 is 1. The number of nitrogen functional groups attached to an aromatic ring is 1. The van der Waals surface area contributed by atoms with E-state index in [1.807, 2.05) is 18.2 Å². The van der Waals surface area contributed by atoms with Crippen molar-refractivity contribution in [1.29, 1.82) is 0 Å². The van der Waals surface area contributed by atoms with E-state index in [0.717, 1.165) is 10.9 Å². The predicted octanol–water partition coefficient (Wildman–Crippen LogP) is 1.22. The minimum Gasteiger partial charge on any atom is -0.496 e. The molecule has 0 aliphatic heterocycles. The molecule has 0 atom stereocenters. The van der Waals surface area contributed by atoms with Crippen molar-refractivity contribution in [1.82, 2.24) is 9.97 Å². The first-order chi connectivity index (χ1) is 6.33. The van der Waals surface area contributed by atoms with Gasteiger partial charge >= 0.3 is 0 Å². The summed E-state index contributed by atoms with van der Waals surface area (Å²) >= 11 is 0. The van der Waals surface area contributed by atoms with Crippen LogP contribution in [0.1, 0.15) is 0 Å². The highest BCUT2D eigenvalue weighted by Gasteiger charge is 2.05. The van der Waals surface area contributed by atoms with E-state index in [0.29, 0.717) is 11.6 Å². The minimum absolute atomic E-state index is 0.447. The Hall–Kier alpha value is -1.84. The molecule has 66 valence electrons. The van der Waals surface area contributed by atoms with Gasteiger partial charge in [0.2, 0.25) is 0 Å². The average Bonchev–Trinajstić information content (AvgIpc) is 2.17. The summed E-state index contributed by atoms with van der Waals surface area (Å²) in [6.45, 7) is 0. The number of aromatic nitrogens is 2. The number of rotatable bonds is 1. The third kappa shape index (κ3) is 1.16. The van der Waals surface area contributed by atoms with Gasteiger partial charge < -0.3 is 10.5 Å². The maximum Gasteiger partial charge on any atom is 0.138 e. The Balaban J connectivity index is 2.87. The molecule has 0 spiro atoms. The van der Waals surface area contributed by atoms with E-state index >= 15 is 0 Å². The van der Waals surface area contributed by atoms with Crippen molar-refractivity contribution >= 4 is 16.7 Å². The number of ether oxygens (including phenoxy) is 1. The summed E-state index contributed by atoms with van der Waals surface area (Å²) in [5.74, 6) is 1.15. The van der Waals surface area contributed by atoms with Crippen LogP contribution < -0.4 is 10.5 Å². The zero-order valence-corrected chi connectivity index (χ0v) is 7.19. The molecule has 0 amide bonds. The van der Waals surface area contributed by atoms with Crippen molar-refractivity contribution in [3.05, 3.63) is 24.5 Å². The van der Waals surface area contributed by atoms with Crippen molar-refractivity contribution < 1.29 is 4.74 Å². The molecule has 13 heavy (non-hydrogen) atoms. The normalized spacial score (nSPS) is 10.2. The minimum atomic E-state index is 0.447. The fourth-order valence-corrected chi connectivity index (χ4v) is 1.27. The number of benzene rings is 1. The lowest BCUT2D eigenvalue weighted by atomic mass is 10.2. The molecule has 0 saturated carbocycles. The van der Waals surface area contributed by atoms with Crippen molar-refractivity contribution in [3.8, 4) is 5.75 Å². The molecule has 0 saturated heterocycles. The van der Waals surface area contributed by atoms with Crippen LogP contribution in [0.15, 0.2) is 24.5 Å². The number of hydrogen-bond donors (Lipinski definition) is 1. The second kappa shape index (κ2) is 2.90. The molecule has 0 fully saturated rings. The number of fused-ring (bicyclic) bond motifs is 1. The summed E-state index contributed by atoms with van der Waals surface area (Å²) in [7, 11) is 1.60. The van der Waals surface area contributed by atoms with Crippen LogP contribution in [0.2, 0.25) is 0 Å². The SMILES string of the molecule is COc1cccc2ncnc(N)c12. The molecule has 2 N–H and O–H groups in total. The molecular formula is C9H9N3O. The molecule has 4 heteroatoms. The van der Waals surface area contributed by atoms with Crippen LogP contribution in [0.5, 0.6) is 5.75 Å². The smallest absolute Gasteiger partial charge is 0.138 e. The zero-order valence-electron chi connectivity index (χ0n) is 7.19. The van der Waals surface area contributed by atoms with Gasteiger partial charge in [-0.1, -0.05) is 6.07 Å². The first kappa shape index (κ1) is 7.79. The van der Waals surface area contributed by atoms with Crippen molar-refractivity contribution in [2.24, 2.45) is 0 Å². The molecule has 0 aliphatic rings. The fraction of sp³-hybridized carbons (Fsp3) is 0.111. The van der Waals surface area contributed by atoms with Crippen LogP contribution in [0.3, 0.4) is 0 Å². The third-order valence-corrected chi connectivity index (χ3v) is 1.87. The molecule has 1 heterocycles. The second-order valence-electron chi connectivity index (χ2n) is 2.61. The maximum absolute atomic E-state index is 5.70. The van der Waals surface area contributed by atoms with Gasteiger partial charge in [0, 0.05) is 0 Å². The lowest BCUT2D eigenvalue weighted by Gasteiger charge is -2.05. The van der Waals surface area contributed by atoms with E-state index in [1.165, 1.54) is 6.33 Å². The zero-order chi connectivity index (χ0) is 9.26. The van der Waals surface area contributed by atoms with Crippen LogP contribution in [-0.4, -0.2) is 17.1 Å². The highest BCUT2D eigenvalue weighted by Crippen LogP contribution is 2.26. The van der Waals surface area contributed by atoms with Crippen LogP contribution in [0.25, 0.3) is 10.9 Å². The summed E-state index contributed by atoms with van der Waals surface area (Å²) in [4.78, 5) is 7.98. The molecule has 4 nitrogen and oxygen atoms in total. The number of nitrogens with two attached hydrogens (primary N) is 1. The Labute approximate surface area is 75.4 Å². The van der Waals surface area contributed by atoms with Gasteiger partial charge in [-0.05, 0) is 12.1 Å². The first-order valence-electron chi connectivity index (χ1n) is 3.86. The van der Waals surface area contributed by atoms with Crippen molar-refractivity contribution in [2.75, 3.05) is 12.8 Å². The van der Waals surface area contributed by atoms with Crippen molar-refractivity contribution in [2.45, 2.75) is 0 Å². The van der Waals surface area contributed by atoms with E-state index in [1.54, 1.807) is 7.11 Å². The van der Waals surface area contributed by atoms with E-state index in [2.05, 4.69) is 9.97 Å². The molecule has 0 radical (unpaired) electrons. The van der Waals surface area contributed by atoms with Gasteiger partial charge in [-0.15, -0.1) is 0 Å². The molecule has 0 bridgehead atoms. The second-order valence-corrected chi connectivity index (χ2v) is 2.61. The highest BCUT2D eigenvalue weighted by molar-refractivity contribution is 5.93. The first-order valence-corrected chi connectivity index (χ1v) is 3.86. The van der Waals surface area contributed by atoms with Gasteiger partial charge in [0.25, 0.3) is 0 Å². The summed E-state index contributed by atoms with van der Waals surface area (Å²) < 4.78 is 5.15. The monoisotopic (exact) mass is 175 g/mol. The Morgan fingerprint density at radius 3 is 2.92 bits per heavy atom. The quantitative estimate of drug-likeness (QED) is 0.707. The molecule has 1 aromatic heterocycles. The van der Waals surface area contributed by atoms with Gasteiger partial charge in [-0.2, -0.15) is 0 Å². The number of anilines is 1. The maximum atomic E-state index is 5.70. The van der Waals surface area contributed by atoms with E-state index in [4.69, 9.17) is 10.5 Å². The summed E-state index contributed by atoms with van der Waals surface area (Å²) in [5, 5.41) is 0.771. The number of hydrogen-bond acceptors (Lipinski definition) is 4. The Morgan fingerprint density at radius 2 is 2.15 bits per heavy atom. The molecule has 2 rings (SSSR count). The summed E-state index contributed by atoms with van der Waals surface area (Å²) in [6, 6.07) is 5.57. The molecule has 0 aliphatic carbocycles.